The number of hydrogen-bond donors (Lipinski definition) is 0. The Morgan fingerprint density at radius 1 is 0.880 bits per heavy atom. The van der Waals surface area contributed by atoms with Gasteiger partial charge in [0.05, 0.1) is 5.75 Å². The van der Waals surface area contributed by atoms with Crippen LogP contribution in [0.3, 0.4) is 0 Å². The third-order valence-electron chi connectivity index (χ3n) is 4.51. The fourth-order valence-electron chi connectivity index (χ4n) is 3.08. The molecule has 2 aromatic carbocycles. The van der Waals surface area contributed by atoms with Gasteiger partial charge in [-0.1, -0.05) is 54.1 Å². The third kappa shape index (κ3) is 5.28. The maximum atomic E-state index is 12.6. The Labute approximate surface area is 155 Å². The number of aryl methyl sites for hydroxylation is 1. The van der Waals surface area contributed by atoms with Crippen LogP contribution in [0.25, 0.3) is 0 Å². The summed E-state index contributed by atoms with van der Waals surface area (Å²) in [6.07, 6.45) is 0.561. The molecule has 1 aliphatic heterocycles. The van der Waals surface area contributed by atoms with E-state index in [1.165, 1.54) is 0 Å². The van der Waals surface area contributed by atoms with E-state index in [0.717, 1.165) is 35.8 Å². The predicted octanol–water partition coefficient (Wildman–Crippen LogP) is 3.03. The molecule has 2 aromatic rings. The van der Waals surface area contributed by atoms with Crippen molar-refractivity contribution in [3.63, 3.8) is 0 Å². The van der Waals surface area contributed by atoms with Crippen LogP contribution in [-0.2, 0) is 23.0 Å². The molecule has 0 aliphatic carbocycles. The van der Waals surface area contributed by atoms with Gasteiger partial charge >= 0.3 is 0 Å². The number of nitrogens with zero attached hydrogens (tertiary/aromatic N) is 2. The first-order chi connectivity index (χ1) is 12.0. The molecule has 0 atom stereocenters. The fourth-order valence-corrected chi connectivity index (χ4v) is 4.76. The van der Waals surface area contributed by atoms with E-state index in [1.807, 2.05) is 48.5 Å². The molecule has 1 fully saturated rings. The minimum atomic E-state index is -3.20. The Hall–Kier alpha value is -1.40. The Balaban J connectivity index is 1.50. The maximum Gasteiger partial charge on any atom is 0.214 e. The van der Waals surface area contributed by atoms with Crippen molar-refractivity contribution in [2.75, 3.05) is 31.9 Å². The minimum absolute atomic E-state index is 0.172. The van der Waals surface area contributed by atoms with Crippen LogP contribution < -0.4 is 0 Å². The van der Waals surface area contributed by atoms with Gasteiger partial charge in [-0.05, 0) is 29.7 Å². The van der Waals surface area contributed by atoms with Gasteiger partial charge in [-0.3, -0.25) is 4.90 Å². The van der Waals surface area contributed by atoms with Crippen molar-refractivity contribution < 1.29 is 8.42 Å². The molecular formula is C19H23ClN2O2S. The third-order valence-corrected chi connectivity index (χ3v) is 6.62. The molecule has 1 aliphatic rings. The van der Waals surface area contributed by atoms with Crippen molar-refractivity contribution in [1.29, 1.82) is 0 Å². The summed E-state index contributed by atoms with van der Waals surface area (Å²) in [6, 6.07) is 17.6. The molecule has 0 aromatic heterocycles. The van der Waals surface area contributed by atoms with Crippen LogP contribution >= 0.6 is 11.6 Å². The number of sulfonamides is 1. The first-order valence-corrected chi connectivity index (χ1v) is 10.5. The Morgan fingerprint density at radius 3 is 2.24 bits per heavy atom. The van der Waals surface area contributed by atoms with Gasteiger partial charge in [0.2, 0.25) is 10.0 Å². The lowest BCUT2D eigenvalue weighted by Crippen LogP contribution is -2.49. The number of benzene rings is 2. The molecule has 0 saturated carbocycles. The van der Waals surface area contributed by atoms with Crippen molar-refractivity contribution >= 4 is 21.6 Å². The van der Waals surface area contributed by atoms with Gasteiger partial charge < -0.3 is 0 Å². The Morgan fingerprint density at radius 2 is 1.56 bits per heavy atom. The first kappa shape index (κ1) is 18.4. The van der Waals surface area contributed by atoms with Crippen LogP contribution in [0.5, 0.6) is 0 Å². The smallest absolute Gasteiger partial charge is 0.214 e. The van der Waals surface area contributed by atoms with E-state index in [1.54, 1.807) is 4.31 Å². The minimum Gasteiger partial charge on any atom is -0.296 e. The van der Waals surface area contributed by atoms with Crippen LogP contribution in [-0.4, -0.2) is 49.6 Å². The summed E-state index contributed by atoms with van der Waals surface area (Å²) in [5.41, 5.74) is 2.22. The summed E-state index contributed by atoms with van der Waals surface area (Å²) in [5.74, 6) is 0.172. The number of hydrogen-bond acceptors (Lipinski definition) is 3. The van der Waals surface area contributed by atoms with Crippen LogP contribution in [0.4, 0.5) is 0 Å². The molecular weight excluding hydrogens is 356 g/mol. The van der Waals surface area contributed by atoms with Gasteiger partial charge in [0, 0.05) is 37.7 Å². The molecule has 0 spiro atoms. The first-order valence-electron chi connectivity index (χ1n) is 8.51. The van der Waals surface area contributed by atoms with Crippen molar-refractivity contribution in [3.05, 3.63) is 70.7 Å². The lowest BCUT2D eigenvalue weighted by Gasteiger charge is -2.34. The molecule has 0 unspecified atom stereocenters. The van der Waals surface area contributed by atoms with E-state index < -0.39 is 10.0 Å². The zero-order valence-electron chi connectivity index (χ0n) is 14.1. The predicted molar refractivity (Wildman–Crippen MR) is 102 cm³/mol. The standard InChI is InChI=1S/C19H23ClN2O2S/c20-19-8-4-7-18(15-19)16-21-10-12-22(13-11-21)25(23,24)14-9-17-5-2-1-3-6-17/h1-8,15H,9-14,16H2. The van der Waals surface area contributed by atoms with Crippen molar-refractivity contribution in [3.8, 4) is 0 Å². The lowest BCUT2D eigenvalue weighted by molar-refractivity contribution is 0.181. The summed E-state index contributed by atoms with van der Waals surface area (Å²) in [5, 5.41) is 0.736. The van der Waals surface area contributed by atoms with Gasteiger partial charge in [-0.2, -0.15) is 4.31 Å². The monoisotopic (exact) mass is 378 g/mol. The van der Waals surface area contributed by atoms with Crippen molar-refractivity contribution in [1.82, 2.24) is 9.21 Å². The quantitative estimate of drug-likeness (QED) is 0.775. The average Bonchev–Trinajstić information content (AvgIpc) is 2.62. The van der Waals surface area contributed by atoms with E-state index in [9.17, 15) is 8.42 Å². The van der Waals surface area contributed by atoms with Crippen LogP contribution in [0.1, 0.15) is 11.1 Å². The number of halogens is 1. The molecule has 1 heterocycles. The van der Waals surface area contributed by atoms with Gasteiger partial charge in [-0.15, -0.1) is 0 Å². The lowest BCUT2D eigenvalue weighted by atomic mass is 10.2. The molecule has 25 heavy (non-hydrogen) atoms. The Kier molecular flexibility index (Phi) is 6.12. The topological polar surface area (TPSA) is 40.6 Å². The Bertz CT molecular complexity index is 788. The van der Waals surface area contributed by atoms with Crippen molar-refractivity contribution in [2.24, 2.45) is 0 Å². The van der Waals surface area contributed by atoms with E-state index in [-0.39, 0.29) is 5.75 Å². The average molecular weight is 379 g/mol. The second-order valence-corrected chi connectivity index (χ2v) is 8.88. The van der Waals surface area contributed by atoms with Crippen LogP contribution in [0, 0.1) is 0 Å². The van der Waals surface area contributed by atoms with E-state index in [0.29, 0.717) is 19.5 Å². The SMILES string of the molecule is O=S(=O)(CCc1ccccc1)N1CCN(Cc2cccc(Cl)c2)CC1. The molecule has 0 radical (unpaired) electrons. The normalized spacial score (nSPS) is 16.8. The van der Waals surface area contributed by atoms with Crippen LogP contribution in [0.2, 0.25) is 5.02 Å². The molecule has 1 saturated heterocycles. The molecule has 0 bridgehead atoms. The summed E-state index contributed by atoms with van der Waals surface area (Å²) >= 11 is 6.02. The highest BCUT2D eigenvalue weighted by molar-refractivity contribution is 7.89. The van der Waals surface area contributed by atoms with Gasteiger partial charge in [0.15, 0.2) is 0 Å². The molecule has 0 N–H and O–H groups in total. The highest BCUT2D eigenvalue weighted by Crippen LogP contribution is 2.15. The molecule has 6 heteroatoms. The second kappa shape index (κ2) is 8.32. The maximum absolute atomic E-state index is 12.6. The molecule has 3 rings (SSSR count). The van der Waals surface area contributed by atoms with E-state index in [4.69, 9.17) is 11.6 Å². The van der Waals surface area contributed by atoms with Gasteiger partial charge in [-0.25, -0.2) is 8.42 Å². The number of piperazine rings is 1. The number of rotatable bonds is 6. The zero-order chi connectivity index (χ0) is 17.7. The largest absolute Gasteiger partial charge is 0.296 e. The van der Waals surface area contributed by atoms with E-state index >= 15 is 0 Å². The summed E-state index contributed by atoms with van der Waals surface area (Å²) in [7, 11) is -3.20. The molecule has 0 amide bonds. The fraction of sp³-hybridized carbons (Fsp3) is 0.368. The molecule has 134 valence electrons. The highest BCUT2D eigenvalue weighted by atomic mass is 35.5. The van der Waals surface area contributed by atoms with Crippen LogP contribution in [0.15, 0.2) is 54.6 Å². The van der Waals surface area contributed by atoms with Gasteiger partial charge in [0.1, 0.15) is 0 Å². The summed E-state index contributed by atoms with van der Waals surface area (Å²) < 4.78 is 26.7. The molecule has 4 nitrogen and oxygen atoms in total. The highest BCUT2D eigenvalue weighted by Gasteiger charge is 2.26. The summed E-state index contributed by atoms with van der Waals surface area (Å²) in [6.45, 7) is 3.40. The summed E-state index contributed by atoms with van der Waals surface area (Å²) in [4.78, 5) is 2.27. The van der Waals surface area contributed by atoms with Gasteiger partial charge in [0.25, 0.3) is 0 Å². The van der Waals surface area contributed by atoms with Crippen molar-refractivity contribution in [2.45, 2.75) is 13.0 Å². The zero-order valence-corrected chi connectivity index (χ0v) is 15.7. The van der Waals surface area contributed by atoms with E-state index in [2.05, 4.69) is 11.0 Å². The second-order valence-electron chi connectivity index (χ2n) is 6.36.